The summed E-state index contributed by atoms with van der Waals surface area (Å²) in [5, 5.41) is 12.2. The Morgan fingerprint density at radius 3 is 2.71 bits per heavy atom. The van der Waals surface area contributed by atoms with Crippen LogP contribution in [0.2, 0.25) is 0 Å². The summed E-state index contributed by atoms with van der Waals surface area (Å²) in [7, 11) is 0. The molecule has 0 spiro atoms. The number of carboxylic acid groups (broad SMARTS) is 1. The molecule has 1 atom stereocenters. The average molecular weight is 330 g/mol. The number of hydrogen-bond donors (Lipinski definition) is 2. The summed E-state index contributed by atoms with van der Waals surface area (Å²) in [5.41, 5.74) is 3.93. The van der Waals surface area contributed by atoms with E-state index in [0.29, 0.717) is 26.1 Å². The highest BCUT2D eigenvalue weighted by molar-refractivity contribution is 5.76. The molecular weight excluding hydrogens is 304 g/mol. The Kier molecular flexibility index (Phi) is 4.52. The summed E-state index contributed by atoms with van der Waals surface area (Å²) in [6.07, 6.45) is 3.60. The molecule has 1 aromatic rings. The van der Waals surface area contributed by atoms with E-state index in [2.05, 4.69) is 37.4 Å². The maximum atomic E-state index is 12.4. The second-order valence-electron chi connectivity index (χ2n) is 7.38. The highest BCUT2D eigenvalue weighted by Crippen LogP contribution is 2.48. The number of hydrogen-bond acceptors (Lipinski definition) is 2. The van der Waals surface area contributed by atoms with E-state index in [-0.39, 0.29) is 11.4 Å². The van der Waals surface area contributed by atoms with Crippen LogP contribution in [0.15, 0.2) is 18.2 Å². The molecule has 24 heavy (non-hydrogen) atoms. The summed E-state index contributed by atoms with van der Waals surface area (Å²) in [5.74, 6) is -1.24. The number of likely N-dealkylation sites (tertiary alicyclic amines) is 1. The molecule has 2 aliphatic rings. The van der Waals surface area contributed by atoms with Crippen molar-refractivity contribution < 1.29 is 14.7 Å². The molecule has 1 aliphatic heterocycles. The molecule has 1 saturated carbocycles. The minimum Gasteiger partial charge on any atom is -0.481 e. The van der Waals surface area contributed by atoms with Crippen molar-refractivity contribution in [2.75, 3.05) is 19.6 Å². The summed E-state index contributed by atoms with van der Waals surface area (Å²) >= 11 is 0. The first kappa shape index (κ1) is 16.8. The van der Waals surface area contributed by atoms with Crippen molar-refractivity contribution in [3.63, 3.8) is 0 Å². The molecule has 1 heterocycles. The fourth-order valence-electron chi connectivity index (χ4n) is 3.82. The van der Waals surface area contributed by atoms with Gasteiger partial charge in [-0.25, -0.2) is 4.79 Å². The van der Waals surface area contributed by atoms with Crippen LogP contribution < -0.4 is 5.32 Å². The van der Waals surface area contributed by atoms with Crippen LogP contribution in [0.25, 0.3) is 0 Å². The normalized spacial score (nSPS) is 22.1. The van der Waals surface area contributed by atoms with Crippen molar-refractivity contribution >= 4 is 12.0 Å². The van der Waals surface area contributed by atoms with E-state index in [0.717, 1.165) is 19.3 Å². The van der Waals surface area contributed by atoms with Crippen LogP contribution in [0.3, 0.4) is 0 Å². The van der Waals surface area contributed by atoms with Crippen LogP contribution in [0.1, 0.15) is 42.4 Å². The minimum absolute atomic E-state index is 0.0649. The molecule has 1 saturated heterocycles. The van der Waals surface area contributed by atoms with Gasteiger partial charge in [0.1, 0.15) is 0 Å². The molecule has 0 aromatic heterocycles. The van der Waals surface area contributed by atoms with Crippen molar-refractivity contribution in [2.45, 2.75) is 44.9 Å². The van der Waals surface area contributed by atoms with Crippen LogP contribution in [0.5, 0.6) is 0 Å². The van der Waals surface area contributed by atoms with Gasteiger partial charge in [-0.2, -0.15) is 0 Å². The van der Waals surface area contributed by atoms with E-state index >= 15 is 0 Å². The number of rotatable bonds is 4. The van der Waals surface area contributed by atoms with Crippen LogP contribution in [-0.4, -0.2) is 41.6 Å². The predicted molar refractivity (Wildman–Crippen MR) is 92.2 cm³/mol. The molecule has 3 rings (SSSR count). The summed E-state index contributed by atoms with van der Waals surface area (Å²) < 4.78 is 0. The molecule has 2 N–H and O–H groups in total. The minimum atomic E-state index is -0.804. The number of urea groups is 1. The number of carbonyl (C=O) groups is 2. The van der Waals surface area contributed by atoms with Gasteiger partial charge >= 0.3 is 12.0 Å². The van der Waals surface area contributed by atoms with Gasteiger partial charge in [0, 0.05) is 25.0 Å². The van der Waals surface area contributed by atoms with E-state index < -0.39 is 11.9 Å². The lowest BCUT2D eigenvalue weighted by atomic mass is 9.91. The number of carbonyl (C=O) groups excluding carboxylic acids is 1. The second kappa shape index (κ2) is 6.46. The fourth-order valence-corrected chi connectivity index (χ4v) is 3.82. The number of nitrogens with one attached hydrogen (secondary N) is 1. The molecule has 2 amide bonds. The first-order valence-corrected chi connectivity index (χ1v) is 8.75. The number of aliphatic carboxylic acids is 1. The van der Waals surface area contributed by atoms with E-state index in [1.807, 2.05) is 0 Å². The third-order valence-electron chi connectivity index (χ3n) is 5.44. The lowest BCUT2D eigenvalue weighted by molar-refractivity contribution is -0.143. The van der Waals surface area contributed by atoms with Crippen molar-refractivity contribution in [3.05, 3.63) is 34.9 Å². The Labute approximate surface area is 143 Å². The zero-order chi connectivity index (χ0) is 17.3. The molecule has 0 radical (unpaired) electrons. The van der Waals surface area contributed by atoms with Gasteiger partial charge in [0.25, 0.3) is 0 Å². The van der Waals surface area contributed by atoms with Crippen LogP contribution >= 0.6 is 0 Å². The lowest BCUT2D eigenvalue weighted by Gasteiger charge is -2.31. The summed E-state index contributed by atoms with van der Waals surface area (Å²) in [6.45, 7) is 5.81. The fraction of sp³-hybridized carbons (Fsp3) is 0.579. The van der Waals surface area contributed by atoms with Gasteiger partial charge in [0.2, 0.25) is 0 Å². The smallest absolute Gasteiger partial charge is 0.317 e. The number of aryl methyl sites for hydroxylation is 2. The average Bonchev–Trinajstić information content (AvgIpc) is 3.33. The Morgan fingerprint density at radius 2 is 2.08 bits per heavy atom. The standard InChI is InChI=1S/C19H26N2O3/c1-13-5-6-16(14(2)10-13)19(7-8-19)12-20-18(24)21-9-3-4-15(11-21)17(22)23/h5-6,10,15H,3-4,7-9,11-12H2,1-2H3,(H,20,24)(H,22,23). The Morgan fingerprint density at radius 1 is 1.33 bits per heavy atom. The molecular formula is C19H26N2O3. The third kappa shape index (κ3) is 3.40. The van der Waals surface area contributed by atoms with Crippen LogP contribution in [0.4, 0.5) is 4.79 Å². The monoisotopic (exact) mass is 330 g/mol. The SMILES string of the molecule is Cc1ccc(C2(CNC(=O)N3CCCC(C(=O)O)C3)CC2)c(C)c1. The number of nitrogens with zero attached hydrogens (tertiary/aromatic N) is 1. The zero-order valence-corrected chi connectivity index (χ0v) is 14.5. The molecule has 5 heteroatoms. The highest BCUT2D eigenvalue weighted by Gasteiger charge is 2.45. The molecule has 2 fully saturated rings. The number of amides is 2. The van der Waals surface area contributed by atoms with Gasteiger partial charge in [-0.15, -0.1) is 0 Å². The van der Waals surface area contributed by atoms with Crippen molar-refractivity contribution in [3.8, 4) is 0 Å². The summed E-state index contributed by atoms with van der Waals surface area (Å²) in [4.78, 5) is 25.2. The number of piperidine rings is 1. The topological polar surface area (TPSA) is 69.6 Å². The van der Waals surface area contributed by atoms with Crippen LogP contribution in [-0.2, 0) is 10.2 Å². The number of carboxylic acids is 1. The highest BCUT2D eigenvalue weighted by atomic mass is 16.4. The lowest BCUT2D eigenvalue weighted by Crippen LogP contribution is -2.48. The summed E-state index contributed by atoms with van der Waals surface area (Å²) in [6, 6.07) is 6.38. The second-order valence-corrected chi connectivity index (χ2v) is 7.38. The van der Waals surface area contributed by atoms with Gasteiger partial charge in [-0.05, 0) is 50.7 Å². The first-order chi connectivity index (χ1) is 11.4. The van der Waals surface area contributed by atoms with Gasteiger partial charge < -0.3 is 15.3 Å². The number of benzene rings is 1. The molecule has 1 aliphatic carbocycles. The van der Waals surface area contributed by atoms with Gasteiger partial charge in [0.05, 0.1) is 5.92 Å². The predicted octanol–water partition coefficient (Wildman–Crippen LogP) is 2.84. The Hall–Kier alpha value is -2.04. The van der Waals surface area contributed by atoms with Gasteiger partial charge in [0.15, 0.2) is 0 Å². The van der Waals surface area contributed by atoms with E-state index in [4.69, 9.17) is 5.11 Å². The van der Waals surface area contributed by atoms with Gasteiger partial charge in [-0.1, -0.05) is 23.8 Å². The van der Waals surface area contributed by atoms with E-state index in [1.54, 1.807) is 4.90 Å². The van der Waals surface area contributed by atoms with Crippen molar-refractivity contribution in [2.24, 2.45) is 5.92 Å². The third-order valence-corrected chi connectivity index (χ3v) is 5.44. The maximum absolute atomic E-state index is 12.4. The van der Waals surface area contributed by atoms with Crippen LogP contribution in [0, 0.1) is 19.8 Å². The van der Waals surface area contributed by atoms with E-state index in [1.165, 1.54) is 16.7 Å². The van der Waals surface area contributed by atoms with Gasteiger partial charge in [-0.3, -0.25) is 4.79 Å². The molecule has 0 bridgehead atoms. The first-order valence-electron chi connectivity index (χ1n) is 8.75. The maximum Gasteiger partial charge on any atom is 0.317 e. The molecule has 5 nitrogen and oxygen atoms in total. The molecule has 1 unspecified atom stereocenters. The molecule has 1 aromatic carbocycles. The Balaban J connectivity index is 1.61. The van der Waals surface area contributed by atoms with E-state index in [9.17, 15) is 9.59 Å². The van der Waals surface area contributed by atoms with Crippen molar-refractivity contribution in [1.82, 2.24) is 10.2 Å². The zero-order valence-electron chi connectivity index (χ0n) is 14.5. The molecule has 130 valence electrons. The quantitative estimate of drug-likeness (QED) is 0.892. The van der Waals surface area contributed by atoms with Crippen molar-refractivity contribution in [1.29, 1.82) is 0 Å². The largest absolute Gasteiger partial charge is 0.481 e. The Bertz CT molecular complexity index is 652.